The van der Waals surface area contributed by atoms with Crippen LogP contribution in [-0.2, 0) is 25.6 Å². The first-order chi connectivity index (χ1) is 17.0. The van der Waals surface area contributed by atoms with Crippen LogP contribution in [0.5, 0.6) is 0 Å². The summed E-state index contributed by atoms with van der Waals surface area (Å²) in [6, 6.07) is 3.40. The molecular formula is C24H26N6O6. The first-order valence-electron chi connectivity index (χ1n) is 11.5. The molecule has 3 saturated heterocycles. The van der Waals surface area contributed by atoms with Crippen molar-refractivity contribution in [3.8, 4) is 0 Å². The van der Waals surface area contributed by atoms with Gasteiger partial charge in [-0.2, -0.15) is 0 Å². The quantitative estimate of drug-likeness (QED) is 0.314. The number of hydrogen-bond donors (Lipinski definition) is 1. The Labute approximate surface area is 207 Å². The maximum absolute atomic E-state index is 13.7. The smallest absolute Gasteiger partial charge is 0.332 e. The van der Waals surface area contributed by atoms with Crippen molar-refractivity contribution in [2.75, 3.05) is 52.7 Å². The molecule has 188 valence electrons. The number of anilines is 1. The van der Waals surface area contributed by atoms with E-state index in [1.807, 2.05) is 18.0 Å². The van der Waals surface area contributed by atoms with Gasteiger partial charge in [0.2, 0.25) is 11.8 Å². The number of imide groups is 4. The van der Waals surface area contributed by atoms with E-state index in [1.54, 1.807) is 12.1 Å². The lowest BCUT2D eigenvalue weighted by atomic mass is 9.67. The Morgan fingerprint density at radius 3 is 2.25 bits per heavy atom. The third-order valence-corrected chi connectivity index (χ3v) is 7.60. The molecule has 0 aliphatic carbocycles. The average molecular weight is 495 g/mol. The summed E-state index contributed by atoms with van der Waals surface area (Å²) in [5, 5.41) is 2.12. The fourth-order valence-corrected chi connectivity index (χ4v) is 5.60. The predicted molar refractivity (Wildman–Crippen MR) is 126 cm³/mol. The Bertz CT molecular complexity index is 1260. The summed E-state index contributed by atoms with van der Waals surface area (Å²) in [6.07, 6.45) is 1.45. The van der Waals surface area contributed by atoms with Gasteiger partial charge in [-0.15, -0.1) is 0 Å². The van der Waals surface area contributed by atoms with Crippen molar-refractivity contribution in [1.82, 2.24) is 24.9 Å². The monoisotopic (exact) mass is 494 g/mol. The third-order valence-electron chi connectivity index (χ3n) is 7.60. The maximum atomic E-state index is 13.7. The molecule has 1 aromatic rings. The van der Waals surface area contributed by atoms with Crippen molar-refractivity contribution in [1.29, 1.82) is 0 Å². The number of nitrogens with one attached hydrogen (secondary N) is 1. The van der Waals surface area contributed by atoms with E-state index >= 15 is 0 Å². The summed E-state index contributed by atoms with van der Waals surface area (Å²) in [6.45, 7) is 1.76. The second-order valence-electron chi connectivity index (χ2n) is 9.70. The van der Waals surface area contributed by atoms with Crippen LogP contribution in [0, 0.1) is 5.41 Å². The number of carbonyl (C=O) groups is 6. The van der Waals surface area contributed by atoms with Crippen LogP contribution in [0.1, 0.15) is 11.1 Å². The van der Waals surface area contributed by atoms with Gasteiger partial charge in [-0.05, 0) is 42.8 Å². The zero-order chi connectivity index (χ0) is 26.1. The van der Waals surface area contributed by atoms with Gasteiger partial charge in [0.05, 0.1) is 6.04 Å². The van der Waals surface area contributed by atoms with Crippen molar-refractivity contribution in [2.45, 2.75) is 12.5 Å². The third kappa shape index (κ3) is 3.17. The Kier molecular flexibility index (Phi) is 5.25. The number of benzene rings is 1. The molecule has 4 aliphatic heterocycles. The summed E-state index contributed by atoms with van der Waals surface area (Å²) in [4.78, 5) is 83.3. The highest BCUT2D eigenvalue weighted by Gasteiger charge is 2.63. The zero-order valence-corrected chi connectivity index (χ0v) is 20.4. The molecule has 1 atom stereocenters. The summed E-state index contributed by atoms with van der Waals surface area (Å²) < 4.78 is 0. The van der Waals surface area contributed by atoms with Gasteiger partial charge < -0.3 is 9.80 Å². The lowest BCUT2D eigenvalue weighted by Crippen LogP contribution is -2.74. The van der Waals surface area contributed by atoms with E-state index in [-0.39, 0.29) is 12.0 Å². The lowest BCUT2D eigenvalue weighted by molar-refractivity contribution is -0.160. The van der Waals surface area contributed by atoms with E-state index in [2.05, 4.69) is 10.2 Å². The van der Waals surface area contributed by atoms with E-state index in [9.17, 15) is 28.8 Å². The molecule has 0 bridgehead atoms. The molecule has 1 aromatic carbocycles. The number of hydrogen-bond acceptors (Lipinski definition) is 8. The van der Waals surface area contributed by atoms with Crippen molar-refractivity contribution >= 4 is 47.5 Å². The molecule has 5 rings (SSSR count). The first kappa shape index (κ1) is 23.7. The molecule has 0 radical (unpaired) electrons. The number of carbonyl (C=O) groups excluding carboxylic acids is 6. The van der Waals surface area contributed by atoms with Gasteiger partial charge in [0.25, 0.3) is 11.8 Å². The first-order valence-corrected chi connectivity index (χ1v) is 11.5. The van der Waals surface area contributed by atoms with E-state index in [4.69, 9.17) is 0 Å². The highest BCUT2D eigenvalue weighted by molar-refractivity contribution is 6.30. The molecule has 0 saturated carbocycles. The van der Waals surface area contributed by atoms with E-state index in [0.29, 0.717) is 24.2 Å². The second kappa shape index (κ2) is 7.98. The normalized spacial score (nSPS) is 25.6. The van der Waals surface area contributed by atoms with Gasteiger partial charge in [0, 0.05) is 46.5 Å². The Morgan fingerprint density at radius 2 is 1.58 bits per heavy atom. The minimum Gasteiger partial charge on any atom is -0.364 e. The van der Waals surface area contributed by atoms with Crippen LogP contribution < -0.4 is 10.2 Å². The molecular weight excluding hydrogens is 468 g/mol. The van der Waals surface area contributed by atoms with Crippen LogP contribution in [0.3, 0.4) is 0 Å². The average Bonchev–Trinajstić information content (AvgIpc) is 2.86. The van der Waals surface area contributed by atoms with Crippen molar-refractivity contribution in [2.24, 2.45) is 5.41 Å². The van der Waals surface area contributed by atoms with Crippen LogP contribution in [0.4, 0.5) is 15.3 Å². The summed E-state index contributed by atoms with van der Waals surface area (Å²) in [7, 11) is 5.97. The van der Waals surface area contributed by atoms with Gasteiger partial charge in [-0.25, -0.2) is 9.59 Å². The molecule has 8 amide bonds. The highest BCUT2D eigenvalue weighted by Crippen LogP contribution is 2.47. The molecule has 4 heterocycles. The molecule has 12 nitrogen and oxygen atoms in total. The van der Waals surface area contributed by atoms with E-state index < -0.39 is 47.1 Å². The van der Waals surface area contributed by atoms with Crippen molar-refractivity contribution in [3.05, 3.63) is 34.9 Å². The zero-order valence-electron chi connectivity index (χ0n) is 20.4. The molecule has 12 heteroatoms. The maximum Gasteiger partial charge on any atom is 0.332 e. The van der Waals surface area contributed by atoms with Crippen LogP contribution in [0.25, 0.3) is 6.08 Å². The highest BCUT2D eigenvalue weighted by atomic mass is 16.2. The second-order valence-corrected chi connectivity index (χ2v) is 9.70. The SMILES string of the molecule is CN1CCN2c3ccc(/C=C4/C(=O)NC(=O)N(C)C4=O)cc3CC3(C(=O)N(C)C(=O)N(C)C3=O)[C@@H]2C1. The molecule has 1 spiro atoms. The van der Waals surface area contributed by atoms with Gasteiger partial charge in [-0.3, -0.25) is 39.2 Å². The van der Waals surface area contributed by atoms with Crippen molar-refractivity contribution in [3.63, 3.8) is 0 Å². The number of piperazine rings is 1. The Balaban J connectivity index is 1.62. The number of rotatable bonds is 1. The van der Waals surface area contributed by atoms with Gasteiger partial charge in [0.1, 0.15) is 5.57 Å². The minimum atomic E-state index is -1.50. The number of barbiturate groups is 2. The summed E-state index contributed by atoms with van der Waals surface area (Å²) in [5.41, 5.74) is 0.350. The fraction of sp³-hybridized carbons (Fsp3) is 0.417. The lowest BCUT2D eigenvalue weighted by Gasteiger charge is -2.55. The molecule has 0 aromatic heterocycles. The topological polar surface area (TPSA) is 131 Å². The Morgan fingerprint density at radius 1 is 0.917 bits per heavy atom. The molecule has 36 heavy (non-hydrogen) atoms. The number of nitrogens with zero attached hydrogens (tertiary/aromatic N) is 5. The number of amides is 8. The Hall–Kier alpha value is -4.06. The largest absolute Gasteiger partial charge is 0.364 e. The van der Waals surface area contributed by atoms with E-state index in [1.165, 1.54) is 27.2 Å². The summed E-state index contributed by atoms with van der Waals surface area (Å²) in [5.74, 6) is -2.61. The van der Waals surface area contributed by atoms with Gasteiger partial charge in [0.15, 0.2) is 5.41 Å². The van der Waals surface area contributed by atoms with E-state index in [0.717, 1.165) is 26.9 Å². The number of fused-ring (bicyclic) bond motifs is 4. The summed E-state index contributed by atoms with van der Waals surface area (Å²) >= 11 is 0. The fourth-order valence-electron chi connectivity index (χ4n) is 5.60. The predicted octanol–water partition coefficient (Wildman–Crippen LogP) is -0.508. The molecule has 4 aliphatic rings. The minimum absolute atomic E-state index is 0.0620. The van der Waals surface area contributed by atoms with Gasteiger partial charge in [-0.1, -0.05) is 6.07 Å². The number of likely N-dealkylation sites (N-methyl/N-ethyl adjacent to an activating group) is 2. The molecule has 3 fully saturated rings. The van der Waals surface area contributed by atoms with Crippen molar-refractivity contribution < 1.29 is 28.8 Å². The molecule has 1 N–H and O–H groups in total. The van der Waals surface area contributed by atoms with Crippen LogP contribution in [0.15, 0.2) is 23.8 Å². The number of urea groups is 2. The standard InChI is InChI=1S/C24H26N6O6/c1-26-7-8-30-16-6-5-13(10-15-18(31)25-22(35)27(2)19(15)32)9-14(16)11-24(17(30)12-26)20(33)28(3)23(36)29(4)21(24)34/h5-6,9-10,17H,7-8,11-12H2,1-4H3,(H,25,31,35)/b15-10-/t17-/m0/s1. The van der Waals surface area contributed by atoms with Crippen LogP contribution >= 0.6 is 0 Å². The van der Waals surface area contributed by atoms with Crippen LogP contribution in [0.2, 0.25) is 0 Å². The van der Waals surface area contributed by atoms with Crippen LogP contribution in [-0.4, -0.2) is 109 Å². The molecule has 0 unspecified atom stereocenters. The van der Waals surface area contributed by atoms with Gasteiger partial charge >= 0.3 is 12.1 Å².